The molecule has 0 bridgehead atoms. The molecule has 3 aromatic rings. The average molecular weight is 439 g/mol. The maximum Gasteiger partial charge on any atom is 0.271 e. The molecule has 0 unspecified atom stereocenters. The summed E-state index contributed by atoms with van der Waals surface area (Å²) < 4.78 is 11.7. The number of ether oxygens (including phenoxy) is 2. The standard InChI is InChI=1S/C22H19BrN2O3/c1-27-21-12-11-17(13-19(21)23)22(26)25-24-14-18-9-5-6-10-20(18)28-15-16-7-3-2-4-8-16/h2-14H,15H2,1H3,(H,25,26)/b24-14+. The highest BCUT2D eigenvalue weighted by Crippen LogP contribution is 2.25. The summed E-state index contributed by atoms with van der Waals surface area (Å²) in [7, 11) is 1.57. The van der Waals surface area contributed by atoms with Crippen LogP contribution in [0.15, 0.2) is 82.4 Å². The second kappa shape index (κ2) is 9.71. The summed E-state index contributed by atoms with van der Waals surface area (Å²) in [6, 6.07) is 22.5. The average Bonchev–Trinajstić information content (AvgIpc) is 2.73. The van der Waals surface area contributed by atoms with Crippen molar-refractivity contribution in [2.75, 3.05) is 7.11 Å². The van der Waals surface area contributed by atoms with Crippen LogP contribution in [-0.2, 0) is 6.61 Å². The van der Waals surface area contributed by atoms with E-state index < -0.39 is 0 Å². The molecule has 0 aromatic heterocycles. The summed E-state index contributed by atoms with van der Waals surface area (Å²) in [5.41, 5.74) is 4.85. The van der Waals surface area contributed by atoms with Crippen molar-refractivity contribution >= 4 is 28.1 Å². The molecule has 0 aliphatic heterocycles. The van der Waals surface area contributed by atoms with Gasteiger partial charge in [0, 0.05) is 11.1 Å². The molecule has 0 aliphatic carbocycles. The Labute approximate surface area is 172 Å². The van der Waals surface area contributed by atoms with E-state index in [-0.39, 0.29) is 5.91 Å². The van der Waals surface area contributed by atoms with Crippen molar-refractivity contribution in [1.29, 1.82) is 0 Å². The van der Waals surface area contributed by atoms with Crippen molar-refractivity contribution in [2.45, 2.75) is 6.61 Å². The number of methoxy groups -OCH3 is 1. The summed E-state index contributed by atoms with van der Waals surface area (Å²) in [6.45, 7) is 0.456. The number of rotatable bonds is 7. The van der Waals surface area contributed by atoms with Crippen LogP contribution in [0.3, 0.4) is 0 Å². The number of nitrogens with zero attached hydrogens (tertiary/aromatic N) is 1. The number of para-hydroxylation sites is 1. The minimum atomic E-state index is -0.317. The van der Waals surface area contributed by atoms with Crippen LogP contribution in [-0.4, -0.2) is 19.2 Å². The smallest absolute Gasteiger partial charge is 0.271 e. The van der Waals surface area contributed by atoms with Crippen molar-refractivity contribution in [1.82, 2.24) is 5.43 Å². The van der Waals surface area contributed by atoms with Crippen LogP contribution in [0.5, 0.6) is 11.5 Å². The molecular formula is C22H19BrN2O3. The van der Waals surface area contributed by atoms with Crippen LogP contribution < -0.4 is 14.9 Å². The molecule has 6 heteroatoms. The molecule has 1 N–H and O–H groups in total. The van der Waals surface area contributed by atoms with E-state index in [2.05, 4.69) is 26.5 Å². The SMILES string of the molecule is COc1ccc(C(=O)N/N=C/c2ccccc2OCc2ccccc2)cc1Br. The van der Waals surface area contributed by atoms with Crippen molar-refractivity contribution in [2.24, 2.45) is 5.10 Å². The van der Waals surface area contributed by atoms with Crippen LogP contribution in [0.4, 0.5) is 0 Å². The molecule has 0 fully saturated rings. The second-order valence-corrected chi connectivity index (χ2v) is 6.71. The van der Waals surface area contributed by atoms with E-state index in [1.54, 1.807) is 31.5 Å². The molecule has 3 rings (SSSR count). The molecule has 1 amide bonds. The highest BCUT2D eigenvalue weighted by molar-refractivity contribution is 9.10. The van der Waals surface area contributed by atoms with Crippen molar-refractivity contribution in [3.8, 4) is 11.5 Å². The minimum absolute atomic E-state index is 0.317. The van der Waals surface area contributed by atoms with Gasteiger partial charge in [-0.05, 0) is 51.8 Å². The normalized spacial score (nSPS) is 10.6. The molecule has 0 heterocycles. The fourth-order valence-corrected chi connectivity index (χ4v) is 3.03. The highest BCUT2D eigenvalue weighted by Gasteiger charge is 2.08. The lowest BCUT2D eigenvalue weighted by molar-refractivity contribution is 0.0955. The number of halogens is 1. The van der Waals surface area contributed by atoms with Gasteiger partial charge in [-0.1, -0.05) is 42.5 Å². The molecule has 3 aromatic carbocycles. The van der Waals surface area contributed by atoms with E-state index in [9.17, 15) is 4.79 Å². The summed E-state index contributed by atoms with van der Waals surface area (Å²) >= 11 is 3.37. The van der Waals surface area contributed by atoms with Gasteiger partial charge in [0.05, 0.1) is 17.8 Å². The lowest BCUT2D eigenvalue weighted by Crippen LogP contribution is -2.17. The van der Waals surface area contributed by atoms with Crippen LogP contribution in [0.2, 0.25) is 0 Å². The fraction of sp³-hybridized carbons (Fsp3) is 0.0909. The number of amides is 1. The number of carbonyl (C=O) groups is 1. The molecule has 0 aliphatic rings. The van der Waals surface area contributed by atoms with E-state index >= 15 is 0 Å². The first-order valence-electron chi connectivity index (χ1n) is 8.60. The molecule has 28 heavy (non-hydrogen) atoms. The third-order valence-electron chi connectivity index (χ3n) is 3.94. The van der Waals surface area contributed by atoms with Gasteiger partial charge in [0.1, 0.15) is 18.1 Å². The first-order valence-corrected chi connectivity index (χ1v) is 9.39. The van der Waals surface area contributed by atoms with Gasteiger partial charge < -0.3 is 9.47 Å². The fourth-order valence-electron chi connectivity index (χ4n) is 2.49. The van der Waals surface area contributed by atoms with E-state index in [1.807, 2.05) is 54.6 Å². The summed E-state index contributed by atoms with van der Waals surface area (Å²) in [4.78, 5) is 12.3. The summed E-state index contributed by atoms with van der Waals surface area (Å²) in [5, 5.41) is 4.05. The maximum atomic E-state index is 12.3. The van der Waals surface area contributed by atoms with Crippen molar-refractivity contribution < 1.29 is 14.3 Å². The van der Waals surface area contributed by atoms with Gasteiger partial charge in [-0.2, -0.15) is 5.10 Å². The molecule has 0 radical (unpaired) electrons. The Bertz CT molecular complexity index is 975. The first-order chi connectivity index (χ1) is 13.7. The summed E-state index contributed by atoms with van der Waals surface area (Å²) in [5.74, 6) is 1.03. The Hall–Kier alpha value is -3.12. The first kappa shape index (κ1) is 19.6. The van der Waals surface area contributed by atoms with Crippen LogP contribution >= 0.6 is 15.9 Å². The van der Waals surface area contributed by atoms with Gasteiger partial charge in [-0.3, -0.25) is 4.79 Å². The van der Waals surface area contributed by atoms with Gasteiger partial charge in [0.25, 0.3) is 5.91 Å². The minimum Gasteiger partial charge on any atom is -0.496 e. The van der Waals surface area contributed by atoms with Gasteiger partial charge in [0.15, 0.2) is 0 Å². The van der Waals surface area contributed by atoms with E-state index in [1.165, 1.54) is 0 Å². The van der Waals surface area contributed by atoms with E-state index in [0.717, 1.165) is 11.1 Å². The highest BCUT2D eigenvalue weighted by atomic mass is 79.9. The molecule has 142 valence electrons. The zero-order chi connectivity index (χ0) is 19.8. The third-order valence-corrected chi connectivity index (χ3v) is 4.56. The van der Waals surface area contributed by atoms with Gasteiger partial charge in [-0.15, -0.1) is 0 Å². The molecule has 0 spiro atoms. The Morgan fingerprint density at radius 3 is 2.54 bits per heavy atom. The Kier molecular flexibility index (Phi) is 6.81. The predicted octanol–water partition coefficient (Wildman–Crippen LogP) is 4.80. The lowest BCUT2D eigenvalue weighted by Gasteiger charge is -2.09. The Balaban J connectivity index is 1.64. The maximum absolute atomic E-state index is 12.3. The Morgan fingerprint density at radius 1 is 1.04 bits per heavy atom. The lowest BCUT2D eigenvalue weighted by atomic mass is 10.2. The number of carbonyl (C=O) groups excluding carboxylic acids is 1. The van der Waals surface area contributed by atoms with Gasteiger partial charge in [0.2, 0.25) is 0 Å². The molecule has 0 saturated carbocycles. The van der Waals surface area contributed by atoms with Crippen molar-refractivity contribution in [3.05, 3.63) is 94.0 Å². The van der Waals surface area contributed by atoms with E-state index in [4.69, 9.17) is 9.47 Å². The zero-order valence-electron chi connectivity index (χ0n) is 15.3. The molecule has 0 atom stereocenters. The molecular weight excluding hydrogens is 420 g/mol. The van der Waals surface area contributed by atoms with Gasteiger partial charge in [-0.25, -0.2) is 5.43 Å². The number of nitrogens with one attached hydrogen (secondary N) is 1. The topological polar surface area (TPSA) is 59.9 Å². The second-order valence-electron chi connectivity index (χ2n) is 5.86. The summed E-state index contributed by atoms with van der Waals surface area (Å²) in [6.07, 6.45) is 1.57. The van der Waals surface area contributed by atoms with E-state index in [0.29, 0.717) is 28.1 Å². The number of hydrogen-bond donors (Lipinski definition) is 1. The monoisotopic (exact) mass is 438 g/mol. The van der Waals surface area contributed by atoms with Crippen molar-refractivity contribution in [3.63, 3.8) is 0 Å². The number of hydrazone groups is 1. The molecule has 5 nitrogen and oxygen atoms in total. The predicted molar refractivity (Wildman–Crippen MR) is 113 cm³/mol. The quantitative estimate of drug-likeness (QED) is 0.425. The van der Waals surface area contributed by atoms with Crippen LogP contribution in [0, 0.1) is 0 Å². The largest absolute Gasteiger partial charge is 0.496 e. The van der Waals surface area contributed by atoms with Crippen LogP contribution in [0.25, 0.3) is 0 Å². The third kappa shape index (κ3) is 5.20. The zero-order valence-corrected chi connectivity index (χ0v) is 16.8. The number of hydrogen-bond acceptors (Lipinski definition) is 4. The van der Waals surface area contributed by atoms with Crippen LogP contribution in [0.1, 0.15) is 21.5 Å². The number of benzene rings is 3. The van der Waals surface area contributed by atoms with Gasteiger partial charge >= 0.3 is 0 Å². The Morgan fingerprint density at radius 2 is 1.79 bits per heavy atom. The molecule has 0 saturated heterocycles.